The maximum atomic E-state index is 12.8. The number of methoxy groups -OCH3 is 1. The number of nitrogens with zero attached hydrogens (tertiary/aromatic N) is 1. The van der Waals surface area contributed by atoms with E-state index in [1.807, 2.05) is 12.1 Å². The molecule has 7 nitrogen and oxygen atoms in total. The number of aromatic nitrogens is 1. The van der Waals surface area contributed by atoms with Crippen molar-refractivity contribution in [3.05, 3.63) is 23.8 Å². The SMILES string of the molecule is COC(=O)CCC(=O)c1c(N)[nH]c2cc(N(C)C(=O)C3CCCCC3)ccc12. The fourth-order valence-corrected chi connectivity index (χ4v) is 3.91. The molecule has 3 N–H and O–H groups in total. The highest BCUT2D eigenvalue weighted by Gasteiger charge is 2.25. The molecule has 150 valence electrons. The summed E-state index contributed by atoms with van der Waals surface area (Å²) in [6.07, 6.45) is 5.35. The minimum Gasteiger partial charge on any atom is -0.469 e. The van der Waals surface area contributed by atoms with E-state index in [0.717, 1.165) is 31.4 Å². The van der Waals surface area contributed by atoms with Gasteiger partial charge in [0.2, 0.25) is 5.91 Å². The van der Waals surface area contributed by atoms with E-state index in [1.54, 1.807) is 18.0 Å². The van der Waals surface area contributed by atoms with Gasteiger partial charge in [0, 0.05) is 36.0 Å². The molecule has 3 rings (SSSR count). The summed E-state index contributed by atoms with van der Waals surface area (Å²) in [5.74, 6) is -0.166. The lowest BCUT2D eigenvalue weighted by atomic mass is 9.88. The number of H-pyrrole nitrogens is 1. The number of carbonyl (C=O) groups is 3. The molecule has 0 bridgehead atoms. The summed E-state index contributed by atoms with van der Waals surface area (Å²) in [5.41, 5.74) is 7.86. The molecule has 7 heteroatoms. The van der Waals surface area contributed by atoms with Crippen molar-refractivity contribution in [3.63, 3.8) is 0 Å². The number of ketones is 1. The zero-order valence-corrected chi connectivity index (χ0v) is 16.4. The second-order valence-electron chi connectivity index (χ2n) is 7.38. The summed E-state index contributed by atoms with van der Waals surface area (Å²) in [7, 11) is 3.08. The third kappa shape index (κ3) is 4.03. The molecular formula is C21H27N3O4. The number of nitrogen functional groups attached to an aromatic ring is 1. The summed E-state index contributed by atoms with van der Waals surface area (Å²) >= 11 is 0. The molecule has 1 aliphatic rings. The molecular weight excluding hydrogens is 358 g/mol. The lowest BCUT2D eigenvalue weighted by Gasteiger charge is -2.26. The molecule has 1 amide bonds. The number of amides is 1. The van der Waals surface area contributed by atoms with Crippen LogP contribution in [-0.4, -0.2) is 36.8 Å². The Bertz CT molecular complexity index is 896. The Labute approximate surface area is 164 Å². The van der Waals surface area contributed by atoms with Crippen molar-refractivity contribution in [1.29, 1.82) is 0 Å². The Morgan fingerprint density at radius 3 is 2.57 bits per heavy atom. The summed E-state index contributed by atoms with van der Waals surface area (Å²) in [6, 6.07) is 5.46. The highest BCUT2D eigenvalue weighted by atomic mass is 16.5. The van der Waals surface area contributed by atoms with Crippen LogP contribution in [0.5, 0.6) is 0 Å². The van der Waals surface area contributed by atoms with Crippen molar-refractivity contribution >= 4 is 40.1 Å². The molecule has 1 aromatic heterocycles. The lowest BCUT2D eigenvalue weighted by Crippen LogP contribution is -2.33. The molecule has 0 saturated heterocycles. The van der Waals surface area contributed by atoms with Gasteiger partial charge in [-0.15, -0.1) is 0 Å². The summed E-state index contributed by atoms with van der Waals surface area (Å²) in [4.78, 5) is 41.3. The zero-order chi connectivity index (χ0) is 20.3. The number of fused-ring (bicyclic) bond motifs is 1. The molecule has 1 aliphatic carbocycles. The first-order valence-corrected chi connectivity index (χ1v) is 9.71. The average Bonchev–Trinajstić information content (AvgIpc) is 3.06. The standard InChI is InChI=1S/C21H27N3O4/c1-24(21(27)13-6-4-3-5-7-13)14-8-9-15-16(12-14)23-20(22)19(15)17(25)10-11-18(26)28-2/h8-9,12-13,23H,3-7,10-11,22H2,1-2H3. The van der Waals surface area contributed by atoms with E-state index in [2.05, 4.69) is 9.72 Å². The van der Waals surface area contributed by atoms with Gasteiger partial charge in [-0.2, -0.15) is 0 Å². The molecule has 1 aromatic carbocycles. The number of nitrogens with two attached hydrogens (primary N) is 1. The van der Waals surface area contributed by atoms with Crippen LogP contribution in [0.3, 0.4) is 0 Å². The van der Waals surface area contributed by atoms with Crippen molar-refractivity contribution in [2.45, 2.75) is 44.9 Å². The normalized spacial score (nSPS) is 14.8. The Balaban J connectivity index is 1.81. The lowest BCUT2D eigenvalue weighted by molar-refractivity contribution is -0.140. The van der Waals surface area contributed by atoms with Gasteiger partial charge in [0.1, 0.15) is 5.82 Å². The van der Waals surface area contributed by atoms with Gasteiger partial charge in [-0.25, -0.2) is 0 Å². The number of esters is 1. The number of rotatable bonds is 6. The van der Waals surface area contributed by atoms with E-state index >= 15 is 0 Å². The summed E-state index contributed by atoms with van der Waals surface area (Å²) in [6.45, 7) is 0. The van der Waals surface area contributed by atoms with Gasteiger partial charge in [-0.05, 0) is 31.0 Å². The van der Waals surface area contributed by atoms with Crippen molar-refractivity contribution in [2.75, 3.05) is 24.8 Å². The number of hydrogen-bond donors (Lipinski definition) is 2. The molecule has 0 unspecified atom stereocenters. The Morgan fingerprint density at radius 2 is 1.89 bits per heavy atom. The van der Waals surface area contributed by atoms with E-state index in [1.165, 1.54) is 13.5 Å². The van der Waals surface area contributed by atoms with E-state index in [9.17, 15) is 14.4 Å². The van der Waals surface area contributed by atoms with Crippen LogP contribution >= 0.6 is 0 Å². The smallest absolute Gasteiger partial charge is 0.305 e. The topological polar surface area (TPSA) is 105 Å². The van der Waals surface area contributed by atoms with E-state index in [-0.39, 0.29) is 36.3 Å². The molecule has 1 saturated carbocycles. The maximum absolute atomic E-state index is 12.8. The fourth-order valence-electron chi connectivity index (χ4n) is 3.91. The van der Waals surface area contributed by atoms with Gasteiger partial charge < -0.3 is 20.4 Å². The second kappa shape index (κ2) is 8.46. The van der Waals surface area contributed by atoms with Crippen molar-refractivity contribution in [1.82, 2.24) is 4.98 Å². The van der Waals surface area contributed by atoms with Crippen LogP contribution in [0.4, 0.5) is 11.5 Å². The predicted molar refractivity (Wildman–Crippen MR) is 108 cm³/mol. The first-order valence-electron chi connectivity index (χ1n) is 9.71. The third-order valence-corrected chi connectivity index (χ3v) is 5.55. The molecule has 0 radical (unpaired) electrons. The maximum Gasteiger partial charge on any atom is 0.305 e. The highest BCUT2D eigenvalue weighted by molar-refractivity contribution is 6.13. The summed E-state index contributed by atoms with van der Waals surface area (Å²) in [5, 5.41) is 0.689. The van der Waals surface area contributed by atoms with Crippen molar-refractivity contribution in [2.24, 2.45) is 5.92 Å². The number of hydrogen-bond acceptors (Lipinski definition) is 5. The van der Waals surface area contributed by atoms with Crippen molar-refractivity contribution in [3.8, 4) is 0 Å². The largest absolute Gasteiger partial charge is 0.469 e. The van der Waals surface area contributed by atoms with Crippen molar-refractivity contribution < 1.29 is 19.1 Å². The quantitative estimate of drug-likeness (QED) is 0.585. The molecule has 2 aromatic rings. The number of anilines is 2. The van der Waals surface area contributed by atoms with Crippen LogP contribution in [0.25, 0.3) is 10.9 Å². The second-order valence-corrected chi connectivity index (χ2v) is 7.38. The number of carbonyl (C=O) groups excluding carboxylic acids is 3. The van der Waals surface area contributed by atoms with Gasteiger partial charge in [0.15, 0.2) is 5.78 Å². The van der Waals surface area contributed by atoms with Crippen LogP contribution in [-0.2, 0) is 14.3 Å². The van der Waals surface area contributed by atoms with Gasteiger partial charge >= 0.3 is 5.97 Å². The van der Waals surface area contributed by atoms with Crippen LogP contribution < -0.4 is 10.6 Å². The molecule has 1 heterocycles. The van der Waals surface area contributed by atoms with Gasteiger partial charge in [0.25, 0.3) is 0 Å². The van der Waals surface area contributed by atoms with Gasteiger partial charge in [0.05, 0.1) is 19.1 Å². The van der Waals surface area contributed by atoms with E-state index in [4.69, 9.17) is 5.73 Å². The van der Waals surface area contributed by atoms with Crippen LogP contribution in [0, 0.1) is 5.92 Å². The molecule has 0 atom stereocenters. The Hall–Kier alpha value is -2.83. The number of aromatic amines is 1. The monoisotopic (exact) mass is 385 g/mol. The van der Waals surface area contributed by atoms with Gasteiger partial charge in [-0.3, -0.25) is 14.4 Å². The first-order chi connectivity index (χ1) is 13.4. The highest BCUT2D eigenvalue weighted by Crippen LogP contribution is 2.31. The summed E-state index contributed by atoms with van der Waals surface area (Å²) < 4.78 is 4.58. The van der Waals surface area contributed by atoms with Crippen LogP contribution in [0.15, 0.2) is 18.2 Å². The fraction of sp³-hybridized carbons (Fsp3) is 0.476. The molecule has 0 aliphatic heterocycles. The average molecular weight is 385 g/mol. The molecule has 0 spiro atoms. The molecule has 1 fully saturated rings. The Kier molecular flexibility index (Phi) is 6.02. The predicted octanol–water partition coefficient (Wildman–Crippen LogP) is 3.43. The number of Topliss-reactive ketones (excluding diaryl/α,β-unsaturated/α-hetero) is 1. The van der Waals surface area contributed by atoms with Crippen LogP contribution in [0.1, 0.15) is 55.3 Å². The number of benzene rings is 1. The zero-order valence-electron chi connectivity index (χ0n) is 16.4. The Morgan fingerprint density at radius 1 is 1.18 bits per heavy atom. The van der Waals surface area contributed by atoms with E-state index < -0.39 is 5.97 Å². The first kappa shape index (κ1) is 19.9. The van der Waals surface area contributed by atoms with Crippen LogP contribution in [0.2, 0.25) is 0 Å². The molecule has 28 heavy (non-hydrogen) atoms. The number of nitrogens with one attached hydrogen (secondary N) is 1. The third-order valence-electron chi connectivity index (χ3n) is 5.55. The number of ether oxygens (including phenoxy) is 1. The minimum atomic E-state index is -0.433. The van der Waals surface area contributed by atoms with Gasteiger partial charge in [-0.1, -0.05) is 19.3 Å². The van der Waals surface area contributed by atoms with E-state index in [0.29, 0.717) is 16.5 Å². The minimum absolute atomic E-state index is 0.0121.